The number of carbonyl (C=O) groups is 1. The first-order chi connectivity index (χ1) is 6.72. The number of Topliss-reactive ketones (excluding diaryl/α,β-unsaturated/α-hetero) is 1. The highest BCUT2D eigenvalue weighted by atomic mass is 19.1. The zero-order valence-corrected chi connectivity index (χ0v) is 8.84. The van der Waals surface area contributed by atoms with Crippen LogP contribution in [0.3, 0.4) is 0 Å². The third-order valence-electron chi connectivity index (χ3n) is 2.65. The van der Waals surface area contributed by atoms with E-state index in [0.29, 0.717) is 13.0 Å². The van der Waals surface area contributed by atoms with E-state index in [4.69, 9.17) is 0 Å². The van der Waals surface area contributed by atoms with Crippen LogP contribution in [0.1, 0.15) is 13.3 Å². The Morgan fingerprint density at radius 2 is 1.64 bits per heavy atom. The van der Waals surface area contributed by atoms with Crippen LogP contribution >= 0.6 is 0 Å². The fourth-order valence-corrected chi connectivity index (χ4v) is 1.67. The van der Waals surface area contributed by atoms with Crippen molar-refractivity contribution in [3.8, 4) is 0 Å². The summed E-state index contributed by atoms with van der Waals surface area (Å²) < 4.78 is 12.0. The molecule has 0 unspecified atom stereocenters. The second-order valence-corrected chi connectivity index (χ2v) is 3.82. The van der Waals surface area contributed by atoms with Gasteiger partial charge in [-0.15, -0.1) is 0 Å². The highest BCUT2D eigenvalue weighted by Crippen LogP contribution is 2.02. The van der Waals surface area contributed by atoms with E-state index in [9.17, 15) is 9.18 Å². The molecule has 0 atom stereocenters. The molecule has 0 aromatic rings. The molecule has 1 fully saturated rings. The van der Waals surface area contributed by atoms with Gasteiger partial charge in [0.1, 0.15) is 12.5 Å². The first-order valence-electron chi connectivity index (χ1n) is 5.22. The summed E-state index contributed by atoms with van der Waals surface area (Å²) in [5.74, 6) is 0.246. The van der Waals surface area contributed by atoms with Crippen LogP contribution in [-0.2, 0) is 4.79 Å². The van der Waals surface area contributed by atoms with Gasteiger partial charge in [0.15, 0.2) is 0 Å². The van der Waals surface area contributed by atoms with E-state index in [1.165, 1.54) is 0 Å². The van der Waals surface area contributed by atoms with Gasteiger partial charge in [0, 0.05) is 45.7 Å². The summed E-state index contributed by atoms with van der Waals surface area (Å²) in [5.41, 5.74) is 0. The van der Waals surface area contributed by atoms with Gasteiger partial charge in [0.05, 0.1) is 0 Å². The predicted octanol–water partition coefficient (Wildman–Crippen LogP) is 0.553. The maximum Gasteiger partial charge on any atom is 0.131 e. The minimum absolute atomic E-state index is 0.246. The highest BCUT2D eigenvalue weighted by Gasteiger charge is 2.15. The molecule has 1 aliphatic rings. The normalized spacial score (nSPS) is 19.9. The number of halogens is 1. The van der Waals surface area contributed by atoms with Gasteiger partial charge < -0.3 is 4.90 Å². The molecular weight excluding hydrogens is 183 g/mol. The Balaban J connectivity index is 2.12. The van der Waals surface area contributed by atoms with Gasteiger partial charge in [-0.1, -0.05) is 0 Å². The summed E-state index contributed by atoms with van der Waals surface area (Å²) in [6.45, 7) is 6.58. The van der Waals surface area contributed by atoms with Crippen LogP contribution in [0.4, 0.5) is 4.39 Å². The standard InChI is InChI=1S/C10H19FN2O/c1-10(14)2-4-12-6-8-13(5-3-11)9-7-12/h2-9H2,1H3. The topological polar surface area (TPSA) is 23.6 Å². The van der Waals surface area contributed by atoms with Crippen LogP contribution in [0.5, 0.6) is 0 Å². The minimum Gasteiger partial charge on any atom is -0.300 e. The van der Waals surface area contributed by atoms with E-state index in [1.807, 2.05) is 0 Å². The van der Waals surface area contributed by atoms with Gasteiger partial charge in [-0.3, -0.25) is 9.69 Å². The number of hydrogen-bond donors (Lipinski definition) is 0. The monoisotopic (exact) mass is 202 g/mol. The molecule has 0 bridgehead atoms. The molecule has 0 N–H and O–H groups in total. The van der Waals surface area contributed by atoms with Crippen LogP contribution < -0.4 is 0 Å². The molecule has 0 amide bonds. The largest absolute Gasteiger partial charge is 0.300 e. The highest BCUT2D eigenvalue weighted by molar-refractivity contribution is 5.75. The van der Waals surface area contributed by atoms with Gasteiger partial charge in [-0.2, -0.15) is 0 Å². The maximum absolute atomic E-state index is 12.0. The fraction of sp³-hybridized carbons (Fsp3) is 0.900. The third kappa shape index (κ3) is 4.15. The zero-order valence-electron chi connectivity index (χ0n) is 8.84. The quantitative estimate of drug-likeness (QED) is 0.650. The Hall–Kier alpha value is -0.480. The maximum atomic E-state index is 12.0. The molecule has 0 aromatic carbocycles. The van der Waals surface area contributed by atoms with Crippen LogP contribution in [0, 0.1) is 0 Å². The number of ketones is 1. The van der Waals surface area contributed by atoms with Crippen LogP contribution in [0.15, 0.2) is 0 Å². The SMILES string of the molecule is CC(=O)CCN1CCN(CCF)CC1. The van der Waals surface area contributed by atoms with Gasteiger partial charge in [-0.05, 0) is 6.92 Å². The van der Waals surface area contributed by atoms with E-state index in [1.54, 1.807) is 6.92 Å². The molecule has 1 heterocycles. The average Bonchev–Trinajstić information content (AvgIpc) is 2.17. The lowest BCUT2D eigenvalue weighted by Gasteiger charge is -2.33. The second-order valence-electron chi connectivity index (χ2n) is 3.82. The Labute approximate surface area is 84.9 Å². The van der Waals surface area contributed by atoms with Crippen molar-refractivity contribution < 1.29 is 9.18 Å². The summed E-state index contributed by atoms with van der Waals surface area (Å²) in [5, 5.41) is 0. The Kier molecular flexibility index (Phi) is 5.04. The molecule has 82 valence electrons. The van der Waals surface area contributed by atoms with Crippen LogP contribution in [0.2, 0.25) is 0 Å². The van der Waals surface area contributed by atoms with Crippen LogP contribution in [-0.4, -0.2) is 61.5 Å². The van der Waals surface area contributed by atoms with E-state index < -0.39 is 0 Å². The van der Waals surface area contributed by atoms with E-state index in [2.05, 4.69) is 9.80 Å². The molecule has 3 nitrogen and oxygen atoms in total. The average molecular weight is 202 g/mol. The van der Waals surface area contributed by atoms with Crippen molar-refractivity contribution in [1.29, 1.82) is 0 Å². The van der Waals surface area contributed by atoms with Crippen molar-refractivity contribution in [2.45, 2.75) is 13.3 Å². The molecule has 0 aromatic heterocycles. The fourth-order valence-electron chi connectivity index (χ4n) is 1.67. The lowest BCUT2D eigenvalue weighted by molar-refractivity contribution is -0.117. The molecule has 0 saturated carbocycles. The number of nitrogens with zero attached hydrogens (tertiary/aromatic N) is 2. The summed E-state index contributed by atoms with van der Waals surface area (Å²) in [4.78, 5) is 15.2. The first-order valence-corrected chi connectivity index (χ1v) is 5.22. The van der Waals surface area contributed by atoms with Gasteiger partial charge in [0.25, 0.3) is 0 Å². The molecule has 1 aliphatic heterocycles. The van der Waals surface area contributed by atoms with Crippen molar-refractivity contribution in [3.05, 3.63) is 0 Å². The predicted molar refractivity (Wildman–Crippen MR) is 54.2 cm³/mol. The van der Waals surface area contributed by atoms with Crippen molar-refractivity contribution >= 4 is 5.78 Å². The van der Waals surface area contributed by atoms with Crippen molar-refractivity contribution in [2.75, 3.05) is 45.9 Å². The molecule has 14 heavy (non-hydrogen) atoms. The van der Waals surface area contributed by atoms with E-state index in [-0.39, 0.29) is 12.5 Å². The molecule has 0 radical (unpaired) electrons. The number of piperazine rings is 1. The Morgan fingerprint density at radius 3 is 2.07 bits per heavy atom. The third-order valence-corrected chi connectivity index (χ3v) is 2.65. The summed E-state index contributed by atoms with van der Waals surface area (Å²) in [6, 6.07) is 0. The zero-order chi connectivity index (χ0) is 10.4. The van der Waals surface area contributed by atoms with Crippen molar-refractivity contribution in [3.63, 3.8) is 0 Å². The second kappa shape index (κ2) is 6.09. The molecule has 0 aliphatic carbocycles. The van der Waals surface area contributed by atoms with Crippen LogP contribution in [0.25, 0.3) is 0 Å². The lowest BCUT2D eigenvalue weighted by atomic mass is 10.2. The molecular formula is C10H19FN2O. The van der Waals surface area contributed by atoms with E-state index >= 15 is 0 Å². The summed E-state index contributed by atoms with van der Waals surface area (Å²) in [7, 11) is 0. The summed E-state index contributed by atoms with van der Waals surface area (Å²) in [6.07, 6.45) is 0.642. The number of carbonyl (C=O) groups excluding carboxylic acids is 1. The molecule has 1 rings (SSSR count). The lowest BCUT2D eigenvalue weighted by Crippen LogP contribution is -2.47. The van der Waals surface area contributed by atoms with Crippen molar-refractivity contribution in [1.82, 2.24) is 9.80 Å². The van der Waals surface area contributed by atoms with Gasteiger partial charge >= 0.3 is 0 Å². The molecule has 1 saturated heterocycles. The van der Waals surface area contributed by atoms with Gasteiger partial charge in [0.2, 0.25) is 0 Å². The van der Waals surface area contributed by atoms with E-state index in [0.717, 1.165) is 32.7 Å². The summed E-state index contributed by atoms with van der Waals surface area (Å²) >= 11 is 0. The molecule has 4 heteroatoms. The minimum atomic E-state index is -0.257. The number of hydrogen-bond acceptors (Lipinski definition) is 3. The van der Waals surface area contributed by atoms with Crippen molar-refractivity contribution in [2.24, 2.45) is 0 Å². The number of rotatable bonds is 5. The van der Waals surface area contributed by atoms with Gasteiger partial charge in [-0.25, -0.2) is 4.39 Å². The Bertz CT molecular complexity index is 179. The first kappa shape index (κ1) is 11.6. The Morgan fingerprint density at radius 1 is 1.14 bits per heavy atom. The smallest absolute Gasteiger partial charge is 0.131 e. The number of alkyl halides is 1. The molecule has 0 spiro atoms.